The molecule has 2 aromatic rings. The van der Waals surface area contributed by atoms with Gasteiger partial charge in [-0.1, -0.05) is 23.2 Å². The Bertz CT molecular complexity index is 1180. The van der Waals surface area contributed by atoms with E-state index >= 15 is 0 Å². The van der Waals surface area contributed by atoms with Crippen LogP contribution in [0.5, 0.6) is 11.5 Å². The lowest BCUT2D eigenvalue weighted by Gasteiger charge is -2.58. The number of aliphatic hydroxyl groups excluding tert-OH is 1. The molecule has 206 valence electrons. The van der Waals surface area contributed by atoms with Crippen molar-refractivity contribution in [3.05, 3.63) is 58.1 Å². The molecule has 3 fully saturated rings. The molecule has 0 aromatic heterocycles. The smallest absolute Gasteiger partial charge is 0.258 e. The second kappa shape index (κ2) is 12.0. The first-order chi connectivity index (χ1) is 18.1. The summed E-state index contributed by atoms with van der Waals surface area (Å²) in [5.74, 6) is -1.60. The topological polar surface area (TPSA) is 109 Å². The molecule has 0 aliphatic heterocycles. The number of aliphatic hydroxyl groups is 1. The van der Waals surface area contributed by atoms with Gasteiger partial charge in [0.25, 0.3) is 11.8 Å². The first-order valence-corrected chi connectivity index (χ1v) is 13.0. The third kappa shape index (κ3) is 6.66. The van der Waals surface area contributed by atoms with Crippen LogP contribution in [-0.2, 0) is 9.59 Å². The SMILES string of the molecule is O=C(COc1ccc(Cl)c(F)c1)NC12CCC(NC(=O)COc3ccc(Cl)c(F)c3)(CC1)C(NCCO)C2. The van der Waals surface area contributed by atoms with Crippen molar-refractivity contribution in [2.45, 2.75) is 49.2 Å². The minimum atomic E-state index is -0.639. The summed E-state index contributed by atoms with van der Waals surface area (Å²) in [4.78, 5) is 25.5. The molecule has 12 heteroatoms. The Morgan fingerprint density at radius 1 is 0.895 bits per heavy atom. The number of nitrogens with one attached hydrogen (secondary N) is 3. The van der Waals surface area contributed by atoms with Crippen LogP contribution >= 0.6 is 23.2 Å². The molecule has 0 radical (unpaired) electrons. The van der Waals surface area contributed by atoms with Crippen molar-refractivity contribution in [3.8, 4) is 11.5 Å². The summed E-state index contributed by atoms with van der Waals surface area (Å²) in [7, 11) is 0. The van der Waals surface area contributed by atoms with Crippen molar-refractivity contribution in [1.82, 2.24) is 16.0 Å². The lowest BCUT2D eigenvalue weighted by atomic mass is 9.58. The van der Waals surface area contributed by atoms with Gasteiger partial charge < -0.3 is 30.5 Å². The van der Waals surface area contributed by atoms with Gasteiger partial charge in [0, 0.05) is 30.3 Å². The van der Waals surface area contributed by atoms with Crippen LogP contribution in [0.15, 0.2) is 36.4 Å². The summed E-state index contributed by atoms with van der Waals surface area (Å²) >= 11 is 11.4. The molecule has 1 unspecified atom stereocenters. The lowest BCUT2D eigenvalue weighted by molar-refractivity contribution is -0.131. The van der Waals surface area contributed by atoms with Crippen LogP contribution in [0.1, 0.15) is 32.1 Å². The van der Waals surface area contributed by atoms with Gasteiger partial charge in [0.05, 0.1) is 22.2 Å². The van der Waals surface area contributed by atoms with Gasteiger partial charge in [0.15, 0.2) is 13.2 Å². The Labute approximate surface area is 229 Å². The molecule has 2 amide bonds. The average Bonchev–Trinajstić information content (AvgIpc) is 2.89. The summed E-state index contributed by atoms with van der Waals surface area (Å²) in [5.41, 5.74) is -1.10. The molecule has 1 atom stereocenters. The maximum absolute atomic E-state index is 13.7. The van der Waals surface area contributed by atoms with Crippen molar-refractivity contribution in [2.24, 2.45) is 0 Å². The van der Waals surface area contributed by atoms with E-state index in [1.807, 2.05) is 0 Å². The number of carbonyl (C=O) groups excluding carboxylic acids is 2. The van der Waals surface area contributed by atoms with E-state index in [4.69, 9.17) is 32.7 Å². The number of rotatable bonds is 11. The second-order valence-corrected chi connectivity index (χ2v) is 10.5. The number of hydrogen-bond donors (Lipinski definition) is 4. The highest BCUT2D eigenvalue weighted by Gasteiger charge is 2.55. The van der Waals surface area contributed by atoms with Crippen molar-refractivity contribution in [2.75, 3.05) is 26.4 Å². The molecule has 3 saturated carbocycles. The van der Waals surface area contributed by atoms with Gasteiger partial charge >= 0.3 is 0 Å². The van der Waals surface area contributed by atoms with E-state index in [-0.39, 0.29) is 59.2 Å². The van der Waals surface area contributed by atoms with Crippen LogP contribution in [-0.4, -0.2) is 60.4 Å². The summed E-state index contributed by atoms with van der Waals surface area (Å²) < 4.78 is 38.2. The third-order valence-corrected chi connectivity index (χ3v) is 7.79. The molecule has 4 N–H and O–H groups in total. The number of benzene rings is 2. The zero-order chi connectivity index (χ0) is 27.3. The highest BCUT2D eigenvalue weighted by molar-refractivity contribution is 6.31. The Morgan fingerprint density at radius 2 is 1.42 bits per heavy atom. The van der Waals surface area contributed by atoms with Crippen molar-refractivity contribution in [1.29, 1.82) is 0 Å². The number of ether oxygens (including phenoxy) is 2. The summed E-state index contributed by atoms with van der Waals surface area (Å²) in [6.07, 6.45) is 2.93. The highest BCUT2D eigenvalue weighted by Crippen LogP contribution is 2.47. The third-order valence-electron chi connectivity index (χ3n) is 7.18. The van der Waals surface area contributed by atoms with Gasteiger partial charge in [-0.05, 0) is 56.4 Å². The van der Waals surface area contributed by atoms with Gasteiger partial charge in [0.2, 0.25) is 0 Å². The van der Waals surface area contributed by atoms with E-state index in [0.717, 1.165) is 12.1 Å². The first-order valence-electron chi connectivity index (χ1n) is 12.3. The van der Waals surface area contributed by atoms with Crippen LogP contribution in [0.2, 0.25) is 10.0 Å². The molecule has 0 heterocycles. The molecule has 2 aromatic carbocycles. The minimum absolute atomic E-state index is 0.0347. The van der Waals surface area contributed by atoms with Crippen LogP contribution in [0.4, 0.5) is 8.78 Å². The predicted molar refractivity (Wildman–Crippen MR) is 138 cm³/mol. The van der Waals surface area contributed by atoms with Crippen molar-refractivity contribution >= 4 is 35.0 Å². The van der Waals surface area contributed by atoms with E-state index in [2.05, 4.69) is 16.0 Å². The second-order valence-electron chi connectivity index (χ2n) is 9.70. The van der Waals surface area contributed by atoms with Crippen molar-refractivity contribution in [3.63, 3.8) is 0 Å². The highest BCUT2D eigenvalue weighted by atomic mass is 35.5. The fourth-order valence-corrected chi connectivity index (χ4v) is 5.52. The summed E-state index contributed by atoms with van der Waals surface area (Å²) in [5, 5.41) is 18.8. The van der Waals surface area contributed by atoms with Crippen LogP contribution in [0.3, 0.4) is 0 Å². The Morgan fingerprint density at radius 3 is 1.92 bits per heavy atom. The maximum atomic E-state index is 13.7. The number of fused-ring (bicyclic) bond motifs is 3. The van der Waals surface area contributed by atoms with E-state index in [0.29, 0.717) is 38.6 Å². The monoisotopic (exact) mass is 571 g/mol. The standard InChI is InChI=1S/C26H29Cl2F2N3O5/c27-18-3-1-16(11-20(18)29)37-14-23(35)32-25-5-7-26(8-6-25,22(13-25)31-9-10-34)33-24(36)15-38-17-2-4-19(28)21(30)12-17/h1-4,11-12,22,31,34H,5-10,13-15H2,(H,32,35)(H,33,36). The molecule has 3 aliphatic rings. The zero-order valence-corrected chi connectivity index (χ0v) is 22.0. The molecular formula is C26H29Cl2F2N3O5. The predicted octanol–water partition coefficient (Wildman–Crippen LogP) is 3.37. The molecule has 5 rings (SSSR count). The molecule has 0 saturated heterocycles. The van der Waals surface area contributed by atoms with E-state index in [1.54, 1.807) is 0 Å². The molecular weight excluding hydrogens is 543 g/mol. The Hall–Kier alpha value is -2.66. The van der Waals surface area contributed by atoms with E-state index < -0.39 is 22.7 Å². The zero-order valence-electron chi connectivity index (χ0n) is 20.5. The number of carbonyl (C=O) groups is 2. The van der Waals surface area contributed by atoms with Crippen LogP contribution in [0.25, 0.3) is 0 Å². The fourth-order valence-electron chi connectivity index (χ4n) is 5.28. The van der Waals surface area contributed by atoms with E-state index in [1.165, 1.54) is 24.3 Å². The van der Waals surface area contributed by atoms with Gasteiger partial charge in [-0.25, -0.2) is 8.78 Å². The molecule has 0 spiro atoms. The summed E-state index contributed by atoms with van der Waals surface area (Å²) in [6.45, 7) is -0.364. The van der Waals surface area contributed by atoms with Crippen LogP contribution < -0.4 is 25.4 Å². The maximum Gasteiger partial charge on any atom is 0.258 e. The number of halogens is 4. The minimum Gasteiger partial charge on any atom is -0.484 e. The molecule has 38 heavy (non-hydrogen) atoms. The van der Waals surface area contributed by atoms with Gasteiger partial charge in [-0.3, -0.25) is 9.59 Å². The lowest BCUT2D eigenvalue weighted by Crippen LogP contribution is -2.73. The number of amides is 2. The average molecular weight is 572 g/mol. The Kier molecular flexibility index (Phi) is 8.97. The van der Waals surface area contributed by atoms with Gasteiger partial charge in [0.1, 0.15) is 23.1 Å². The van der Waals surface area contributed by atoms with Crippen molar-refractivity contribution < 1.29 is 33.0 Å². The largest absolute Gasteiger partial charge is 0.484 e. The molecule has 2 bridgehead atoms. The first kappa shape index (κ1) is 28.4. The molecule has 8 nitrogen and oxygen atoms in total. The van der Waals surface area contributed by atoms with Crippen LogP contribution in [0, 0.1) is 11.6 Å². The number of hydrogen-bond acceptors (Lipinski definition) is 6. The fraction of sp³-hybridized carbons (Fsp3) is 0.462. The normalized spacial score (nSPS) is 24.1. The van der Waals surface area contributed by atoms with Gasteiger partial charge in [-0.15, -0.1) is 0 Å². The summed E-state index contributed by atoms with van der Waals surface area (Å²) in [6, 6.07) is 7.69. The quantitative estimate of drug-likeness (QED) is 0.329. The Balaban J connectivity index is 1.35. The van der Waals surface area contributed by atoms with E-state index in [9.17, 15) is 23.5 Å². The molecule has 3 aliphatic carbocycles. The van der Waals surface area contributed by atoms with Gasteiger partial charge in [-0.2, -0.15) is 0 Å².